The van der Waals surface area contributed by atoms with Crippen molar-refractivity contribution < 1.29 is 27.6 Å². The monoisotopic (exact) mass is 305 g/mol. The van der Waals surface area contributed by atoms with Gasteiger partial charge in [0.15, 0.2) is 0 Å². The Morgan fingerprint density at radius 1 is 1.25 bits per heavy atom. The SMILES string of the molecule is COC(=O)C1CC(=O)N(CCC[Si](OC)(OC)OC)C1. The molecule has 1 fully saturated rings. The first-order valence-corrected chi connectivity index (χ1v) is 8.46. The summed E-state index contributed by atoms with van der Waals surface area (Å²) in [6, 6.07) is 0.628. The van der Waals surface area contributed by atoms with Gasteiger partial charge in [-0.3, -0.25) is 9.59 Å². The lowest BCUT2D eigenvalue weighted by atomic mass is 10.1. The van der Waals surface area contributed by atoms with Crippen LogP contribution in [0.1, 0.15) is 12.8 Å². The number of amides is 1. The van der Waals surface area contributed by atoms with E-state index in [0.717, 1.165) is 0 Å². The molecule has 0 radical (unpaired) electrons. The zero-order chi connectivity index (χ0) is 15.2. The first-order chi connectivity index (χ1) is 9.51. The molecule has 8 heteroatoms. The summed E-state index contributed by atoms with van der Waals surface area (Å²) in [7, 11) is 3.44. The molecule has 1 aliphatic rings. The van der Waals surface area contributed by atoms with E-state index in [1.165, 1.54) is 7.11 Å². The average molecular weight is 305 g/mol. The Kier molecular flexibility index (Phi) is 6.60. The lowest BCUT2D eigenvalue weighted by molar-refractivity contribution is -0.145. The fraction of sp³-hybridized carbons (Fsp3) is 0.833. The fourth-order valence-corrected chi connectivity index (χ4v) is 4.06. The summed E-state index contributed by atoms with van der Waals surface area (Å²) in [5.41, 5.74) is 0. The molecule has 1 rings (SSSR count). The predicted molar refractivity (Wildman–Crippen MR) is 72.9 cm³/mol. The molecule has 0 bridgehead atoms. The molecular formula is C12H23NO6Si. The maximum absolute atomic E-state index is 11.8. The van der Waals surface area contributed by atoms with E-state index in [-0.39, 0.29) is 24.2 Å². The number of carbonyl (C=O) groups excluding carboxylic acids is 2. The van der Waals surface area contributed by atoms with Gasteiger partial charge >= 0.3 is 14.8 Å². The highest BCUT2D eigenvalue weighted by Gasteiger charge is 2.39. The van der Waals surface area contributed by atoms with Crippen molar-refractivity contribution in [3.05, 3.63) is 0 Å². The fourth-order valence-electron chi connectivity index (χ4n) is 2.36. The zero-order valence-electron chi connectivity index (χ0n) is 12.5. The van der Waals surface area contributed by atoms with Gasteiger partial charge in [-0.2, -0.15) is 0 Å². The molecule has 0 aromatic heterocycles. The van der Waals surface area contributed by atoms with Gasteiger partial charge in [0.2, 0.25) is 5.91 Å². The van der Waals surface area contributed by atoms with Crippen LogP contribution in [0.2, 0.25) is 6.04 Å². The highest BCUT2D eigenvalue weighted by molar-refractivity contribution is 6.60. The van der Waals surface area contributed by atoms with Crippen molar-refractivity contribution in [2.45, 2.75) is 18.9 Å². The Balaban J connectivity index is 2.43. The number of rotatable bonds is 8. The van der Waals surface area contributed by atoms with Crippen molar-refractivity contribution in [1.82, 2.24) is 4.90 Å². The van der Waals surface area contributed by atoms with Crippen molar-refractivity contribution in [1.29, 1.82) is 0 Å². The van der Waals surface area contributed by atoms with Gasteiger partial charge in [-0.05, 0) is 6.42 Å². The second kappa shape index (κ2) is 7.72. The minimum atomic E-state index is -2.59. The van der Waals surface area contributed by atoms with Crippen molar-refractivity contribution in [2.75, 3.05) is 41.5 Å². The van der Waals surface area contributed by atoms with Gasteiger partial charge in [0, 0.05) is 46.9 Å². The van der Waals surface area contributed by atoms with E-state index in [9.17, 15) is 9.59 Å². The normalized spacial score (nSPS) is 19.5. The molecule has 0 spiro atoms. The third-order valence-corrected chi connectivity index (χ3v) is 6.42. The summed E-state index contributed by atoms with van der Waals surface area (Å²) in [6.07, 6.45) is 0.940. The van der Waals surface area contributed by atoms with Crippen LogP contribution in [0.4, 0.5) is 0 Å². The minimum Gasteiger partial charge on any atom is -0.469 e. The van der Waals surface area contributed by atoms with Gasteiger partial charge in [-0.1, -0.05) is 0 Å². The molecule has 1 heterocycles. The van der Waals surface area contributed by atoms with E-state index >= 15 is 0 Å². The topological polar surface area (TPSA) is 74.3 Å². The molecule has 0 aromatic carbocycles. The molecule has 0 aliphatic carbocycles. The molecular weight excluding hydrogens is 282 g/mol. The Labute approximate surface area is 120 Å². The molecule has 0 aromatic rings. The third-order valence-electron chi connectivity index (χ3n) is 3.59. The van der Waals surface area contributed by atoms with E-state index in [4.69, 9.17) is 13.3 Å². The summed E-state index contributed by atoms with van der Waals surface area (Å²) in [5, 5.41) is 0. The van der Waals surface area contributed by atoms with Crippen LogP contribution >= 0.6 is 0 Å². The standard InChI is InChI=1S/C12H23NO6Si/c1-16-12(15)10-8-11(14)13(9-10)6-5-7-20(17-2,18-3)19-4/h10H,5-9H2,1-4H3. The molecule has 1 unspecified atom stereocenters. The minimum absolute atomic E-state index is 0.0140. The van der Waals surface area contributed by atoms with Crippen LogP contribution in [0, 0.1) is 5.92 Å². The van der Waals surface area contributed by atoms with Gasteiger partial charge in [0.05, 0.1) is 13.0 Å². The molecule has 0 N–H and O–H groups in total. The van der Waals surface area contributed by atoms with Gasteiger partial charge < -0.3 is 22.9 Å². The second-order valence-corrected chi connectivity index (χ2v) is 7.75. The van der Waals surface area contributed by atoms with Crippen LogP contribution in [0.15, 0.2) is 0 Å². The summed E-state index contributed by atoms with van der Waals surface area (Å²) in [5.74, 6) is -0.683. The number of hydrogen-bond donors (Lipinski definition) is 0. The van der Waals surface area contributed by atoms with E-state index < -0.39 is 8.80 Å². The lowest BCUT2D eigenvalue weighted by Crippen LogP contribution is -2.43. The number of esters is 1. The van der Waals surface area contributed by atoms with Crippen LogP contribution in [0.3, 0.4) is 0 Å². The number of likely N-dealkylation sites (tertiary alicyclic amines) is 1. The van der Waals surface area contributed by atoms with E-state index in [1.54, 1.807) is 26.2 Å². The van der Waals surface area contributed by atoms with Crippen LogP contribution in [0.5, 0.6) is 0 Å². The van der Waals surface area contributed by atoms with E-state index in [0.29, 0.717) is 25.6 Å². The predicted octanol–water partition coefficient (Wildman–Crippen LogP) is 0.276. The van der Waals surface area contributed by atoms with Gasteiger partial charge in [0.1, 0.15) is 0 Å². The summed E-state index contributed by atoms with van der Waals surface area (Å²) in [6.45, 7) is 0.990. The van der Waals surface area contributed by atoms with E-state index in [2.05, 4.69) is 4.74 Å². The molecule has 116 valence electrons. The van der Waals surface area contributed by atoms with Gasteiger partial charge in [0.25, 0.3) is 0 Å². The first kappa shape index (κ1) is 17.1. The van der Waals surface area contributed by atoms with Crippen molar-refractivity contribution >= 4 is 20.7 Å². The molecule has 0 saturated carbocycles. The Morgan fingerprint density at radius 2 is 1.85 bits per heavy atom. The highest BCUT2D eigenvalue weighted by Crippen LogP contribution is 2.21. The number of methoxy groups -OCH3 is 1. The smallest absolute Gasteiger partial charge is 0.469 e. The summed E-state index contributed by atoms with van der Waals surface area (Å²) >= 11 is 0. The Hall–Kier alpha value is -0.963. The molecule has 7 nitrogen and oxygen atoms in total. The largest absolute Gasteiger partial charge is 0.500 e. The number of nitrogens with zero attached hydrogens (tertiary/aromatic N) is 1. The Bertz CT molecular complexity index is 339. The molecule has 1 aliphatic heterocycles. The van der Waals surface area contributed by atoms with Crippen molar-refractivity contribution in [3.63, 3.8) is 0 Å². The van der Waals surface area contributed by atoms with Crippen LogP contribution in [-0.4, -0.2) is 67.1 Å². The maximum Gasteiger partial charge on any atom is 0.500 e. The van der Waals surface area contributed by atoms with Crippen molar-refractivity contribution in [2.24, 2.45) is 5.92 Å². The quantitative estimate of drug-likeness (QED) is 0.473. The van der Waals surface area contributed by atoms with Crippen LogP contribution in [0.25, 0.3) is 0 Å². The Morgan fingerprint density at radius 3 is 2.35 bits per heavy atom. The van der Waals surface area contributed by atoms with E-state index in [1.807, 2.05) is 0 Å². The summed E-state index contributed by atoms with van der Waals surface area (Å²) in [4.78, 5) is 24.9. The maximum atomic E-state index is 11.8. The third kappa shape index (κ3) is 4.01. The number of hydrogen-bond acceptors (Lipinski definition) is 6. The molecule has 20 heavy (non-hydrogen) atoms. The second-order valence-electron chi connectivity index (χ2n) is 4.66. The van der Waals surface area contributed by atoms with Crippen molar-refractivity contribution in [3.8, 4) is 0 Å². The van der Waals surface area contributed by atoms with Crippen LogP contribution in [-0.2, 0) is 27.6 Å². The molecule has 1 atom stereocenters. The van der Waals surface area contributed by atoms with Gasteiger partial charge in [-0.15, -0.1) is 0 Å². The van der Waals surface area contributed by atoms with Crippen LogP contribution < -0.4 is 0 Å². The number of carbonyl (C=O) groups is 2. The van der Waals surface area contributed by atoms with Gasteiger partial charge in [-0.25, -0.2) is 0 Å². The summed E-state index contributed by atoms with van der Waals surface area (Å²) < 4.78 is 20.6. The first-order valence-electron chi connectivity index (χ1n) is 6.53. The zero-order valence-corrected chi connectivity index (χ0v) is 13.5. The molecule has 1 saturated heterocycles. The average Bonchev–Trinajstić information content (AvgIpc) is 2.84. The highest BCUT2D eigenvalue weighted by atomic mass is 28.4. The molecule has 1 amide bonds. The lowest BCUT2D eigenvalue weighted by Gasteiger charge is -2.25. The number of ether oxygens (including phenoxy) is 1.